The molecule has 0 spiro atoms. The van der Waals surface area contributed by atoms with Gasteiger partial charge in [0.25, 0.3) is 0 Å². The molecule has 1 heterocycles. The molecule has 0 aliphatic carbocycles. The van der Waals surface area contributed by atoms with Crippen LogP contribution in [0.3, 0.4) is 0 Å². The van der Waals surface area contributed by atoms with E-state index in [9.17, 15) is 9.59 Å². The highest BCUT2D eigenvalue weighted by molar-refractivity contribution is 7.14. The predicted octanol–water partition coefficient (Wildman–Crippen LogP) is 2.90. The van der Waals surface area contributed by atoms with Gasteiger partial charge in [-0.25, -0.2) is 0 Å². The van der Waals surface area contributed by atoms with Crippen LogP contribution in [-0.2, 0) is 22.4 Å². The molecule has 1 aromatic heterocycles. The largest absolute Gasteiger partial charge is 0.497 e. The third-order valence-corrected chi connectivity index (χ3v) is 4.11. The molecule has 0 N–H and O–H groups in total. The molecule has 1 aromatic carbocycles. The molecule has 0 bridgehead atoms. The van der Waals surface area contributed by atoms with E-state index in [-0.39, 0.29) is 18.2 Å². The van der Waals surface area contributed by atoms with Crippen molar-refractivity contribution in [2.45, 2.75) is 12.8 Å². The number of rotatable bonds is 6. The molecule has 2 aromatic rings. The number of carbonyl (C=O) groups excluding carboxylic acids is 2. The highest BCUT2D eigenvalue weighted by Crippen LogP contribution is 2.21. The lowest BCUT2D eigenvalue weighted by Gasteiger charge is -2.03. The van der Waals surface area contributed by atoms with Crippen molar-refractivity contribution in [2.24, 2.45) is 0 Å². The molecule has 0 atom stereocenters. The van der Waals surface area contributed by atoms with E-state index < -0.39 is 0 Å². The highest BCUT2D eigenvalue weighted by Gasteiger charge is 2.12. The number of ether oxygens (including phenoxy) is 2. The first-order chi connectivity index (χ1) is 10.1. The summed E-state index contributed by atoms with van der Waals surface area (Å²) in [6.07, 6.45) is 0.517. The summed E-state index contributed by atoms with van der Waals surface area (Å²) in [5, 5.41) is 0. The average Bonchev–Trinajstić information content (AvgIpc) is 2.96. The molecule has 21 heavy (non-hydrogen) atoms. The molecule has 0 saturated heterocycles. The predicted molar refractivity (Wildman–Crippen MR) is 81.1 cm³/mol. The Morgan fingerprint density at radius 2 is 1.90 bits per heavy atom. The molecular formula is C16H16O4S. The van der Waals surface area contributed by atoms with E-state index in [2.05, 4.69) is 4.74 Å². The average molecular weight is 304 g/mol. The van der Waals surface area contributed by atoms with Crippen LogP contribution in [0.1, 0.15) is 20.1 Å². The summed E-state index contributed by atoms with van der Waals surface area (Å²) >= 11 is 1.33. The second-order valence-electron chi connectivity index (χ2n) is 4.47. The van der Waals surface area contributed by atoms with Crippen molar-refractivity contribution in [2.75, 3.05) is 14.2 Å². The smallest absolute Gasteiger partial charge is 0.310 e. The van der Waals surface area contributed by atoms with Crippen molar-refractivity contribution in [3.63, 3.8) is 0 Å². The molecule has 0 radical (unpaired) electrons. The van der Waals surface area contributed by atoms with Crippen molar-refractivity contribution < 1.29 is 19.1 Å². The topological polar surface area (TPSA) is 52.6 Å². The summed E-state index contributed by atoms with van der Waals surface area (Å²) in [5.41, 5.74) is 0.905. The van der Waals surface area contributed by atoms with E-state index in [0.717, 1.165) is 16.2 Å². The van der Waals surface area contributed by atoms with Crippen LogP contribution in [0.25, 0.3) is 0 Å². The van der Waals surface area contributed by atoms with Gasteiger partial charge in [-0.2, -0.15) is 0 Å². The first-order valence-electron chi connectivity index (χ1n) is 6.44. The maximum atomic E-state index is 12.2. The number of hydrogen-bond donors (Lipinski definition) is 0. The molecule has 0 unspecified atom stereocenters. The fourth-order valence-electron chi connectivity index (χ4n) is 1.89. The van der Waals surface area contributed by atoms with Crippen LogP contribution in [-0.4, -0.2) is 26.0 Å². The Balaban J connectivity index is 2.04. The van der Waals surface area contributed by atoms with Crippen molar-refractivity contribution in [1.29, 1.82) is 0 Å². The first kappa shape index (κ1) is 15.3. The Bertz CT molecular complexity index is 645. The van der Waals surface area contributed by atoms with E-state index >= 15 is 0 Å². The monoisotopic (exact) mass is 304 g/mol. The Hall–Kier alpha value is -2.14. The van der Waals surface area contributed by atoms with Gasteiger partial charge in [-0.05, 0) is 29.8 Å². The molecule has 4 nitrogen and oxygen atoms in total. The summed E-state index contributed by atoms with van der Waals surface area (Å²) in [7, 11) is 2.95. The zero-order valence-corrected chi connectivity index (χ0v) is 12.7. The number of hydrogen-bond acceptors (Lipinski definition) is 5. The number of thiophene rings is 1. The van der Waals surface area contributed by atoms with Crippen molar-refractivity contribution in [3.05, 3.63) is 51.7 Å². The van der Waals surface area contributed by atoms with Crippen LogP contribution in [0.4, 0.5) is 0 Å². The number of Topliss-reactive ketones (excluding diaryl/α,β-unsaturated/α-hetero) is 1. The molecular weight excluding hydrogens is 288 g/mol. The molecule has 0 aliphatic heterocycles. The zero-order chi connectivity index (χ0) is 15.2. The van der Waals surface area contributed by atoms with Crippen LogP contribution in [0.5, 0.6) is 5.75 Å². The third-order valence-electron chi connectivity index (χ3n) is 2.98. The molecule has 0 fully saturated rings. The van der Waals surface area contributed by atoms with Gasteiger partial charge in [0.1, 0.15) is 5.75 Å². The maximum absolute atomic E-state index is 12.2. The number of carbonyl (C=O) groups is 2. The van der Waals surface area contributed by atoms with Crippen molar-refractivity contribution in [3.8, 4) is 5.75 Å². The summed E-state index contributed by atoms with van der Waals surface area (Å²) < 4.78 is 9.76. The Morgan fingerprint density at radius 3 is 2.62 bits per heavy atom. The van der Waals surface area contributed by atoms with E-state index in [1.54, 1.807) is 19.2 Å². The lowest BCUT2D eigenvalue weighted by atomic mass is 10.1. The van der Waals surface area contributed by atoms with Gasteiger partial charge in [-0.3, -0.25) is 9.59 Å². The number of esters is 1. The van der Waals surface area contributed by atoms with Gasteiger partial charge in [0, 0.05) is 11.3 Å². The SMILES string of the molecule is COC(=O)Cc1ccc(C(=O)Cc2cccc(OC)c2)s1. The van der Waals surface area contributed by atoms with Crippen LogP contribution in [0, 0.1) is 0 Å². The van der Waals surface area contributed by atoms with E-state index in [1.165, 1.54) is 18.4 Å². The summed E-state index contributed by atoms with van der Waals surface area (Å²) in [6, 6.07) is 11.0. The molecule has 0 amide bonds. The summed E-state index contributed by atoms with van der Waals surface area (Å²) in [6.45, 7) is 0. The first-order valence-corrected chi connectivity index (χ1v) is 7.25. The minimum Gasteiger partial charge on any atom is -0.497 e. The van der Waals surface area contributed by atoms with Gasteiger partial charge in [0.2, 0.25) is 0 Å². The second kappa shape index (κ2) is 7.04. The van der Waals surface area contributed by atoms with E-state index in [0.29, 0.717) is 11.3 Å². The number of benzene rings is 1. The zero-order valence-electron chi connectivity index (χ0n) is 11.9. The minimum atomic E-state index is -0.302. The van der Waals surface area contributed by atoms with Crippen LogP contribution in [0.15, 0.2) is 36.4 Å². The molecule has 5 heteroatoms. The number of methoxy groups -OCH3 is 2. The third kappa shape index (κ3) is 4.16. The summed E-state index contributed by atoms with van der Waals surface area (Å²) in [5.74, 6) is 0.464. The normalized spacial score (nSPS) is 10.2. The van der Waals surface area contributed by atoms with Crippen molar-refractivity contribution in [1.82, 2.24) is 0 Å². The minimum absolute atomic E-state index is 0.0318. The highest BCUT2D eigenvalue weighted by atomic mass is 32.1. The van der Waals surface area contributed by atoms with E-state index in [1.807, 2.05) is 24.3 Å². The molecule has 0 aliphatic rings. The molecule has 2 rings (SSSR count). The van der Waals surface area contributed by atoms with Gasteiger partial charge in [-0.15, -0.1) is 11.3 Å². The number of ketones is 1. The van der Waals surface area contributed by atoms with Gasteiger partial charge < -0.3 is 9.47 Å². The lowest BCUT2D eigenvalue weighted by molar-refractivity contribution is -0.139. The van der Waals surface area contributed by atoms with Gasteiger partial charge in [-0.1, -0.05) is 12.1 Å². The maximum Gasteiger partial charge on any atom is 0.310 e. The van der Waals surface area contributed by atoms with Gasteiger partial charge in [0.05, 0.1) is 25.5 Å². The van der Waals surface area contributed by atoms with Crippen LogP contribution >= 0.6 is 11.3 Å². The fourth-order valence-corrected chi connectivity index (χ4v) is 2.82. The Morgan fingerprint density at radius 1 is 1.10 bits per heavy atom. The Kier molecular flexibility index (Phi) is 5.11. The molecule has 0 saturated carbocycles. The lowest BCUT2D eigenvalue weighted by Crippen LogP contribution is -2.03. The quantitative estimate of drug-likeness (QED) is 0.608. The van der Waals surface area contributed by atoms with Gasteiger partial charge in [0.15, 0.2) is 5.78 Å². The van der Waals surface area contributed by atoms with Gasteiger partial charge >= 0.3 is 5.97 Å². The fraction of sp³-hybridized carbons (Fsp3) is 0.250. The van der Waals surface area contributed by atoms with Crippen LogP contribution in [0.2, 0.25) is 0 Å². The van der Waals surface area contributed by atoms with E-state index in [4.69, 9.17) is 4.74 Å². The standard InChI is InChI=1S/C16H16O4S/c1-19-12-5-3-4-11(8-12)9-14(17)15-7-6-13(21-15)10-16(18)20-2/h3-8H,9-10H2,1-2H3. The summed E-state index contributed by atoms with van der Waals surface area (Å²) in [4.78, 5) is 24.9. The molecule has 110 valence electrons. The second-order valence-corrected chi connectivity index (χ2v) is 5.64. The van der Waals surface area contributed by atoms with Crippen molar-refractivity contribution >= 4 is 23.1 Å². The Labute approximate surface area is 127 Å². The van der Waals surface area contributed by atoms with Crippen LogP contribution < -0.4 is 4.74 Å².